The van der Waals surface area contributed by atoms with Crippen LogP contribution in [0.5, 0.6) is 0 Å². The van der Waals surface area contributed by atoms with Gasteiger partial charge in [0.05, 0.1) is 19.3 Å². The van der Waals surface area contributed by atoms with Crippen LogP contribution in [0.3, 0.4) is 0 Å². The lowest BCUT2D eigenvalue weighted by Crippen LogP contribution is -2.28. The Hall–Kier alpha value is -0.900. The Morgan fingerprint density at radius 1 is 1.28 bits per heavy atom. The minimum Gasteiger partial charge on any atom is -0.374 e. The van der Waals surface area contributed by atoms with Gasteiger partial charge in [0, 0.05) is 6.61 Å². The molecule has 1 saturated heterocycles. The largest absolute Gasteiger partial charge is 0.374 e. The molecule has 3 nitrogen and oxygen atoms in total. The summed E-state index contributed by atoms with van der Waals surface area (Å²) in [6, 6.07) is 10.2. The zero-order valence-corrected chi connectivity index (χ0v) is 11.0. The summed E-state index contributed by atoms with van der Waals surface area (Å²) in [5, 5.41) is 0. The molecule has 1 fully saturated rings. The van der Waals surface area contributed by atoms with Gasteiger partial charge in [-0.2, -0.15) is 0 Å². The van der Waals surface area contributed by atoms with Gasteiger partial charge in [-0.25, -0.2) is 0 Å². The molecule has 100 valence electrons. The van der Waals surface area contributed by atoms with Gasteiger partial charge in [-0.3, -0.25) is 0 Å². The summed E-state index contributed by atoms with van der Waals surface area (Å²) in [5.41, 5.74) is 1.19. The van der Waals surface area contributed by atoms with Crippen LogP contribution in [0.2, 0.25) is 0 Å². The van der Waals surface area contributed by atoms with Crippen LogP contribution in [0.4, 0.5) is 0 Å². The van der Waals surface area contributed by atoms with Crippen LogP contribution >= 0.6 is 0 Å². The fraction of sp³-hybridized carbons (Fsp3) is 0.600. The molecule has 3 heteroatoms. The summed E-state index contributed by atoms with van der Waals surface area (Å²) < 4.78 is 17.0. The highest BCUT2D eigenvalue weighted by Crippen LogP contribution is 2.15. The maximum Gasteiger partial charge on any atom is 0.158 e. The van der Waals surface area contributed by atoms with Gasteiger partial charge in [-0.05, 0) is 31.7 Å². The van der Waals surface area contributed by atoms with Crippen LogP contribution in [-0.2, 0) is 20.8 Å². The Bertz CT molecular complexity index is 320. The Kier molecular flexibility index (Phi) is 5.65. The van der Waals surface area contributed by atoms with Gasteiger partial charge in [0.1, 0.15) is 0 Å². The van der Waals surface area contributed by atoms with Gasteiger partial charge in [0.2, 0.25) is 0 Å². The maximum atomic E-state index is 5.78. The second-order valence-corrected chi connectivity index (χ2v) is 4.74. The molecular formula is C15H22O3. The van der Waals surface area contributed by atoms with Gasteiger partial charge in [-0.1, -0.05) is 30.3 Å². The molecule has 1 aliphatic rings. The smallest absolute Gasteiger partial charge is 0.158 e. The van der Waals surface area contributed by atoms with Crippen molar-refractivity contribution in [1.82, 2.24) is 0 Å². The Balaban J connectivity index is 1.61. The second kappa shape index (κ2) is 7.52. The molecule has 1 aromatic rings. The van der Waals surface area contributed by atoms with Crippen LogP contribution < -0.4 is 0 Å². The van der Waals surface area contributed by atoms with Crippen molar-refractivity contribution in [2.45, 2.75) is 45.2 Å². The maximum absolute atomic E-state index is 5.78. The third kappa shape index (κ3) is 4.77. The summed E-state index contributed by atoms with van der Waals surface area (Å²) in [6.45, 7) is 4.10. The van der Waals surface area contributed by atoms with E-state index in [2.05, 4.69) is 12.1 Å². The summed E-state index contributed by atoms with van der Waals surface area (Å²) in [6.07, 6.45) is 3.40. The molecule has 0 amide bonds. The molecule has 0 N–H and O–H groups in total. The second-order valence-electron chi connectivity index (χ2n) is 4.74. The van der Waals surface area contributed by atoms with Gasteiger partial charge < -0.3 is 14.2 Å². The molecule has 0 radical (unpaired) electrons. The fourth-order valence-electron chi connectivity index (χ4n) is 2.03. The van der Waals surface area contributed by atoms with Crippen molar-refractivity contribution in [3.05, 3.63) is 35.9 Å². The number of hydrogen-bond acceptors (Lipinski definition) is 3. The number of rotatable bonds is 6. The first kappa shape index (κ1) is 13.5. The lowest BCUT2D eigenvalue weighted by atomic mass is 10.2. The third-order valence-corrected chi connectivity index (χ3v) is 2.99. The Morgan fingerprint density at radius 2 is 2.11 bits per heavy atom. The van der Waals surface area contributed by atoms with Gasteiger partial charge in [0.15, 0.2) is 6.29 Å². The highest BCUT2D eigenvalue weighted by atomic mass is 16.7. The summed E-state index contributed by atoms with van der Waals surface area (Å²) in [5.74, 6) is 0. The van der Waals surface area contributed by atoms with Crippen molar-refractivity contribution >= 4 is 0 Å². The molecule has 0 saturated carbocycles. The van der Waals surface area contributed by atoms with E-state index in [1.54, 1.807) is 0 Å². The highest BCUT2D eigenvalue weighted by molar-refractivity contribution is 5.13. The van der Waals surface area contributed by atoms with Crippen LogP contribution in [-0.4, -0.2) is 25.6 Å². The Morgan fingerprint density at radius 3 is 2.83 bits per heavy atom. The third-order valence-electron chi connectivity index (χ3n) is 2.99. The normalized spacial score (nSPS) is 21.7. The summed E-state index contributed by atoms with van der Waals surface area (Å²) in [4.78, 5) is 0. The van der Waals surface area contributed by atoms with E-state index in [1.165, 1.54) is 12.0 Å². The van der Waals surface area contributed by atoms with Crippen LogP contribution in [0, 0.1) is 0 Å². The van der Waals surface area contributed by atoms with E-state index >= 15 is 0 Å². The molecular weight excluding hydrogens is 228 g/mol. The number of ether oxygens (including phenoxy) is 3. The molecule has 0 spiro atoms. The number of hydrogen-bond donors (Lipinski definition) is 0. The molecule has 1 aromatic carbocycles. The van der Waals surface area contributed by atoms with E-state index in [0.717, 1.165) is 19.4 Å². The molecule has 2 rings (SSSR count). The zero-order valence-electron chi connectivity index (χ0n) is 11.0. The lowest BCUT2D eigenvalue weighted by molar-refractivity contribution is -0.194. The van der Waals surface area contributed by atoms with E-state index in [1.807, 2.05) is 25.1 Å². The summed E-state index contributed by atoms with van der Waals surface area (Å²) in [7, 11) is 0. The van der Waals surface area contributed by atoms with E-state index in [-0.39, 0.29) is 12.4 Å². The zero-order chi connectivity index (χ0) is 12.6. The molecule has 0 bridgehead atoms. The van der Waals surface area contributed by atoms with Crippen molar-refractivity contribution in [3.8, 4) is 0 Å². The first-order chi connectivity index (χ1) is 8.84. The van der Waals surface area contributed by atoms with E-state index in [4.69, 9.17) is 14.2 Å². The Labute approximate surface area is 109 Å². The van der Waals surface area contributed by atoms with Crippen molar-refractivity contribution in [2.75, 3.05) is 13.2 Å². The van der Waals surface area contributed by atoms with E-state index < -0.39 is 0 Å². The predicted octanol–water partition coefficient (Wildman–Crippen LogP) is 3.13. The van der Waals surface area contributed by atoms with Crippen molar-refractivity contribution in [2.24, 2.45) is 0 Å². The van der Waals surface area contributed by atoms with Crippen molar-refractivity contribution < 1.29 is 14.2 Å². The molecule has 1 aliphatic heterocycles. The van der Waals surface area contributed by atoms with Crippen molar-refractivity contribution in [1.29, 1.82) is 0 Å². The molecule has 1 unspecified atom stereocenters. The number of benzene rings is 1. The SMILES string of the molecule is CC(COCc1ccccc1)O[C@H]1CCCCO1. The van der Waals surface area contributed by atoms with E-state index in [0.29, 0.717) is 13.2 Å². The molecule has 2 atom stereocenters. The molecule has 18 heavy (non-hydrogen) atoms. The van der Waals surface area contributed by atoms with Gasteiger partial charge in [-0.15, -0.1) is 0 Å². The van der Waals surface area contributed by atoms with Crippen LogP contribution in [0.25, 0.3) is 0 Å². The molecule has 0 aromatic heterocycles. The predicted molar refractivity (Wildman–Crippen MR) is 70.2 cm³/mol. The van der Waals surface area contributed by atoms with Crippen molar-refractivity contribution in [3.63, 3.8) is 0 Å². The minimum atomic E-state index is -0.0333. The topological polar surface area (TPSA) is 27.7 Å². The van der Waals surface area contributed by atoms with E-state index in [9.17, 15) is 0 Å². The van der Waals surface area contributed by atoms with Gasteiger partial charge >= 0.3 is 0 Å². The first-order valence-electron chi connectivity index (χ1n) is 6.73. The standard InChI is InChI=1S/C15H22O3/c1-13(18-15-9-5-6-10-17-15)11-16-12-14-7-3-2-4-8-14/h2-4,7-8,13,15H,5-6,9-12H2,1H3/t13?,15-/m0/s1. The minimum absolute atomic E-state index is 0.0333. The molecule has 1 heterocycles. The summed E-state index contributed by atoms with van der Waals surface area (Å²) >= 11 is 0. The average molecular weight is 250 g/mol. The van der Waals surface area contributed by atoms with Crippen LogP contribution in [0.15, 0.2) is 30.3 Å². The monoisotopic (exact) mass is 250 g/mol. The highest BCUT2D eigenvalue weighted by Gasteiger charge is 2.17. The van der Waals surface area contributed by atoms with Crippen LogP contribution in [0.1, 0.15) is 31.7 Å². The first-order valence-corrected chi connectivity index (χ1v) is 6.73. The van der Waals surface area contributed by atoms with Gasteiger partial charge in [0.25, 0.3) is 0 Å². The fourth-order valence-corrected chi connectivity index (χ4v) is 2.03. The lowest BCUT2D eigenvalue weighted by Gasteiger charge is -2.25. The average Bonchev–Trinajstić information content (AvgIpc) is 2.41. The quantitative estimate of drug-likeness (QED) is 0.776. The molecule has 0 aliphatic carbocycles.